The summed E-state index contributed by atoms with van der Waals surface area (Å²) < 4.78 is 5.83. The van der Waals surface area contributed by atoms with Crippen molar-refractivity contribution >= 4 is 11.3 Å². The number of nitrogens with one attached hydrogen (secondary N) is 1. The van der Waals surface area contributed by atoms with E-state index in [2.05, 4.69) is 29.1 Å². The zero-order valence-corrected chi connectivity index (χ0v) is 12.2. The van der Waals surface area contributed by atoms with Crippen molar-refractivity contribution in [2.45, 2.75) is 25.8 Å². The van der Waals surface area contributed by atoms with Crippen molar-refractivity contribution in [3.63, 3.8) is 0 Å². The molecule has 0 spiro atoms. The highest BCUT2D eigenvalue weighted by molar-refractivity contribution is 7.07. The summed E-state index contributed by atoms with van der Waals surface area (Å²) in [4.78, 5) is 0. The number of para-hydroxylation sites is 1. The smallest absolute Gasteiger partial charge is 0.119 e. The standard InChI is InChI=1S/C16H21NOS/c1-2-17-15(9-8-14-10-11-19-13-14)12-18-16-6-4-3-5-7-16/h3-7,10-11,13,15,17H,2,8-9,12H2,1H3. The molecule has 0 radical (unpaired) electrons. The zero-order valence-electron chi connectivity index (χ0n) is 11.3. The van der Waals surface area contributed by atoms with Crippen LogP contribution in [-0.2, 0) is 6.42 Å². The van der Waals surface area contributed by atoms with Gasteiger partial charge in [-0.3, -0.25) is 0 Å². The molecule has 1 heterocycles. The fraction of sp³-hybridized carbons (Fsp3) is 0.375. The highest BCUT2D eigenvalue weighted by atomic mass is 32.1. The van der Waals surface area contributed by atoms with Crippen LogP contribution in [0.5, 0.6) is 5.75 Å². The highest BCUT2D eigenvalue weighted by Gasteiger charge is 2.08. The molecule has 1 aromatic heterocycles. The van der Waals surface area contributed by atoms with Crippen LogP contribution < -0.4 is 10.1 Å². The first-order valence-corrected chi connectivity index (χ1v) is 7.75. The maximum atomic E-state index is 5.83. The minimum absolute atomic E-state index is 0.408. The van der Waals surface area contributed by atoms with E-state index in [0.717, 1.165) is 31.7 Å². The quantitative estimate of drug-likeness (QED) is 0.792. The van der Waals surface area contributed by atoms with E-state index in [9.17, 15) is 0 Å². The topological polar surface area (TPSA) is 21.3 Å². The maximum Gasteiger partial charge on any atom is 0.119 e. The Hall–Kier alpha value is -1.32. The number of thiophene rings is 1. The molecule has 1 atom stereocenters. The van der Waals surface area contributed by atoms with Crippen LogP contribution in [0, 0.1) is 0 Å². The third kappa shape index (κ3) is 5.05. The molecule has 0 aliphatic heterocycles. The predicted octanol–water partition coefficient (Wildman–Crippen LogP) is 3.74. The molecule has 19 heavy (non-hydrogen) atoms. The van der Waals surface area contributed by atoms with Gasteiger partial charge in [-0.05, 0) is 53.9 Å². The van der Waals surface area contributed by atoms with E-state index < -0.39 is 0 Å². The molecule has 102 valence electrons. The average molecular weight is 275 g/mol. The van der Waals surface area contributed by atoms with Crippen LogP contribution in [0.4, 0.5) is 0 Å². The molecule has 0 aliphatic carbocycles. The van der Waals surface area contributed by atoms with Gasteiger partial charge in [-0.2, -0.15) is 11.3 Å². The van der Waals surface area contributed by atoms with Crippen molar-refractivity contribution in [1.82, 2.24) is 5.32 Å². The first-order chi connectivity index (χ1) is 9.38. The Morgan fingerprint density at radius 3 is 2.74 bits per heavy atom. The Morgan fingerprint density at radius 1 is 1.21 bits per heavy atom. The van der Waals surface area contributed by atoms with E-state index in [1.54, 1.807) is 11.3 Å². The van der Waals surface area contributed by atoms with Crippen LogP contribution in [0.2, 0.25) is 0 Å². The largest absolute Gasteiger partial charge is 0.492 e. The number of likely N-dealkylation sites (N-methyl/N-ethyl adjacent to an activating group) is 1. The summed E-state index contributed by atoms with van der Waals surface area (Å²) in [5.41, 5.74) is 1.42. The minimum atomic E-state index is 0.408. The fourth-order valence-corrected chi connectivity index (χ4v) is 2.73. The first kappa shape index (κ1) is 14.1. The SMILES string of the molecule is CCNC(CCc1ccsc1)COc1ccccc1. The molecule has 3 heteroatoms. The van der Waals surface area contributed by atoms with Gasteiger partial charge in [-0.25, -0.2) is 0 Å². The van der Waals surface area contributed by atoms with Gasteiger partial charge in [-0.1, -0.05) is 25.1 Å². The van der Waals surface area contributed by atoms with Gasteiger partial charge in [0.15, 0.2) is 0 Å². The third-order valence-corrected chi connectivity index (χ3v) is 3.78. The lowest BCUT2D eigenvalue weighted by molar-refractivity contribution is 0.258. The normalized spacial score (nSPS) is 12.3. The zero-order chi connectivity index (χ0) is 13.3. The van der Waals surface area contributed by atoms with Crippen LogP contribution in [0.15, 0.2) is 47.2 Å². The van der Waals surface area contributed by atoms with Crippen LogP contribution in [0.25, 0.3) is 0 Å². The van der Waals surface area contributed by atoms with E-state index in [-0.39, 0.29) is 0 Å². The van der Waals surface area contributed by atoms with Gasteiger partial charge in [0.25, 0.3) is 0 Å². The van der Waals surface area contributed by atoms with Gasteiger partial charge in [0, 0.05) is 6.04 Å². The second-order valence-corrected chi connectivity index (χ2v) is 5.33. The third-order valence-electron chi connectivity index (χ3n) is 3.05. The highest BCUT2D eigenvalue weighted by Crippen LogP contribution is 2.12. The van der Waals surface area contributed by atoms with Gasteiger partial charge in [0.1, 0.15) is 12.4 Å². The van der Waals surface area contributed by atoms with Crippen LogP contribution in [-0.4, -0.2) is 19.2 Å². The molecule has 0 saturated carbocycles. The van der Waals surface area contributed by atoms with Gasteiger partial charge in [-0.15, -0.1) is 0 Å². The van der Waals surface area contributed by atoms with Crippen LogP contribution in [0.1, 0.15) is 18.9 Å². The summed E-state index contributed by atoms with van der Waals surface area (Å²) in [6.07, 6.45) is 2.22. The molecular formula is C16H21NOS. The maximum absolute atomic E-state index is 5.83. The molecule has 1 N–H and O–H groups in total. The predicted molar refractivity (Wildman–Crippen MR) is 82.0 cm³/mol. The van der Waals surface area contributed by atoms with Crippen molar-refractivity contribution in [3.8, 4) is 5.75 Å². The van der Waals surface area contributed by atoms with Crippen molar-refractivity contribution in [2.75, 3.05) is 13.2 Å². The first-order valence-electron chi connectivity index (χ1n) is 6.80. The van der Waals surface area contributed by atoms with E-state index in [1.807, 2.05) is 30.3 Å². The number of benzene rings is 1. The number of rotatable bonds is 8. The molecular weight excluding hydrogens is 254 g/mol. The van der Waals surface area contributed by atoms with Crippen molar-refractivity contribution in [2.24, 2.45) is 0 Å². The van der Waals surface area contributed by atoms with Gasteiger partial charge >= 0.3 is 0 Å². The lowest BCUT2D eigenvalue weighted by atomic mass is 10.1. The van der Waals surface area contributed by atoms with Gasteiger partial charge < -0.3 is 10.1 Å². The molecule has 0 fully saturated rings. The number of hydrogen-bond donors (Lipinski definition) is 1. The van der Waals surface area contributed by atoms with E-state index in [0.29, 0.717) is 6.04 Å². The molecule has 0 aliphatic rings. The summed E-state index contributed by atoms with van der Waals surface area (Å²) in [5.74, 6) is 0.945. The Balaban J connectivity index is 1.78. The van der Waals surface area contributed by atoms with E-state index in [4.69, 9.17) is 4.74 Å². The lowest BCUT2D eigenvalue weighted by Gasteiger charge is -2.18. The molecule has 1 aromatic carbocycles. The summed E-state index contributed by atoms with van der Waals surface area (Å²) >= 11 is 1.76. The summed E-state index contributed by atoms with van der Waals surface area (Å²) in [6.45, 7) is 3.84. The monoisotopic (exact) mass is 275 g/mol. The van der Waals surface area contributed by atoms with Crippen LogP contribution in [0.3, 0.4) is 0 Å². The number of ether oxygens (including phenoxy) is 1. The van der Waals surface area contributed by atoms with E-state index >= 15 is 0 Å². The number of hydrogen-bond acceptors (Lipinski definition) is 3. The van der Waals surface area contributed by atoms with E-state index in [1.165, 1.54) is 5.56 Å². The molecule has 2 rings (SSSR count). The Kier molecular flexibility index (Phi) is 5.92. The van der Waals surface area contributed by atoms with Crippen molar-refractivity contribution in [1.29, 1.82) is 0 Å². The van der Waals surface area contributed by atoms with Crippen molar-refractivity contribution < 1.29 is 4.74 Å². The van der Waals surface area contributed by atoms with Gasteiger partial charge in [0.05, 0.1) is 0 Å². The minimum Gasteiger partial charge on any atom is -0.492 e. The molecule has 0 amide bonds. The fourth-order valence-electron chi connectivity index (χ4n) is 2.02. The Labute approximate surface area is 119 Å². The average Bonchev–Trinajstić information content (AvgIpc) is 2.96. The summed E-state index contributed by atoms with van der Waals surface area (Å²) in [6, 6.07) is 12.6. The van der Waals surface area contributed by atoms with Crippen LogP contribution >= 0.6 is 11.3 Å². The van der Waals surface area contributed by atoms with Crippen molar-refractivity contribution in [3.05, 3.63) is 52.7 Å². The second-order valence-electron chi connectivity index (χ2n) is 4.55. The Morgan fingerprint density at radius 2 is 2.05 bits per heavy atom. The number of aryl methyl sites for hydroxylation is 1. The molecule has 0 bridgehead atoms. The lowest BCUT2D eigenvalue weighted by Crippen LogP contribution is -2.35. The second kappa shape index (κ2) is 7.97. The molecule has 0 saturated heterocycles. The molecule has 1 unspecified atom stereocenters. The Bertz CT molecular complexity index is 441. The molecule has 2 aromatic rings. The summed E-state index contributed by atoms with van der Waals surface area (Å²) in [5, 5.41) is 7.85. The molecule has 2 nitrogen and oxygen atoms in total. The summed E-state index contributed by atoms with van der Waals surface area (Å²) in [7, 11) is 0. The van der Waals surface area contributed by atoms with Gasteiger partial charge in [0.2, 0.25) is 0 Å².